The van der Waals surface area contributed by atoms with Gasteiger partial charge in [0.15, 0.2) is 0 Å². The van der Waals surface area contributed by atoms with Gasteiger partial charge in [-0.3, -0.25) is 0 Å². The molecular formula is C21H27N5O3S. The van der Waals surface area contributed by atoms with Crippen LogP contribution in [0.15, 0.2) is 29.2 Å². The van der Waals surface area contributed by atoms with E-state index in [9.17, 15) is 8.42 Å². The van der Waals surface area contributed by atoms with Gasteiger partial charge in [0.25, 0.3) is 0 Å². The van der Waals surface area contributed by atoms with Crippen molar-refractivity contribution in [1.29, 1.82) is 0 Å². The Hall–Kier alpha value is -2.39. The molecule has 1 aromatic heterocycles. The van der Waals surface area contributed by atoms with E-state index in [1.165, 1.54) is 12.8 Å². The van der Waals surface area contributed by atoms with Gasteiger partial charge >= 0.3 is 0 Å². The fraction of sp³-hybridized carbons (Fsp3) is 0.524. The molecular weight excluding hydrogens is 402 g/mol. The molecule has 2 aromatic rings. The summed E-state index contributed by atoms with van der Waals surface area (Å²) in [6.45, 7) is 6.72. The second kappa shape index (κ2) is 7.70. The van der Waals surface area contributed by atoms with Gasteiger partial charge in [-0.25, -0.2) is 18.4 Å². The third-order valence-electron chi connectivity index (χ3n) is 6.10. The van der Waals surface area contributed by atoms with Gasteiger partial charge in [-0.15, -0.1) is 0 Å². The zero-order valence-electron chi connectivity index (χ0n) is 17.2. The molecule has 1 aromatic carbocycles. The molecule has 9 heteroatoms. The predicted molar refractivity (Wildman–Crippen MR) is 115 cm³/mol. The molecule has 0 radical (unpaired) electrons. The van der Waals surface area contributed by atoms with Crippen LogP contribution >= 0.6 is 0 Å². The van der Waals surface area contributed by atoms with Gasteiger partial charge in [-0.2, -0.15) is 4.31 Å². The highest BCUT2D eigenvalue weighted by molar-refractivity contribution is 7.89. The maximum Gasteiger partial charge on any atom is 0.243 e. The molecule has 3 aliphatic heterocycles. The van der Waals surface area contributed by atoms with Crippen molar-refractivity contribution in [2.75, 3.05) is 55.7 Å². The lowest BCUT2D eigenvalue weighted by atomic mass is 10.2. The Labute approximate surface area is 177 Å². The van der Waals surface area contributed by atoms with Gasteiger partial charge in [0.05, 0.1) is 11.5 Å². The summed E-state index contributed by atoms with van der Waals surface area (Å²) in [7, 11) is -3.51. The van der Waals surface area contributed by atoms with Crippen molar-refractivity contribution in [3.05, 3.63) is 35.7 Å². The van der Waals surface area contributed by atoms with Crippen LogP contribution < -0.4 is 14.5 Å². The number of aryl methyl sites for hydroxylation is 1. The Morgan fingerprint density at radius 3 is 2.27 bits per heavy atom. The van der Waals surface area contributed by atoms with E-state index in [0.717, 1.165) is 48.3 Å². The van der Waals surface area contributed by atoms with Gasteiger partial charge in [-0.05, 0) is 43.5 Å². The van der Waals surface area contributed by atoms with Crippen molar-refractivity contribution in [1.82, 2.24) is 14.3 Å². The van der Waals surface area contributed by atoms with Crippen molar-refractivity contribution < 1.29 is 13.2 Å². The Balaban J connectivity index is 1.30. The molecule has 0 N–H and O–H groups in total. The minimum Gasteiger partial charge on any atom is -0.493 e. The first-order chi connectivity index (χ1) is 14.5. The summed E-state index contributed by atoms with van der Waals surface area (Å²) in [6.07, 6.45) is 3.16. The maximum absolute atomic E-state index is 13.1. The summed E-state index contributed by atoms with van der Waals surface area (Å²) < 4.78 is 33.4. The molecule has 160 valence electrons. The standard InChI is InChI=1S/C21H27N5O3S/c1-16-22-20(24-7-2-3-8-24)15-21(23-16)25-9-11-26(12-10-25)30(27,28)18-4-5-19-17(14-18)6-13-29-19/h4-5,14-15H,2-3,6-13H2,1H3. The summed E-state index contributed by atoms with van der Waals surface area (Å²) >= 11 is 0. The zero-order valence-corrected chi connectivity index (χ0v) is 18.1. The van der Waals surface area contributed by atoms with Crippen LogP contribution in [0.25, 0.3) is 0 Å². The first kappa shape index (κ1) is 19.6. The fourth-order valence-corrected chi connectivity index (χ4v) is 5.91. The second-order valence-corrected chi connectivity index (χ2v) is 10.0. The molecule has 2 fully saturated rings. The van der Waals surface area contributed by atoms with Crippen LogP contribution in [0.2, 0.25) is 0 Å². The first-order valence-corrected chi connectivity index (χ1v) is 12.1. The number of hydrogen-bond acceptors (Lipinski definition) is 7. The number of nitrogens with zero attached hydrogens (tertiary/aromatic N) is 5. The van der Waals surface area contributed by atoms with Crippen molar-refractivity contribution in [3.63, 3.8) is 0 Å². The largest absolute Gasteiger partial charge is 0.493 e. The number of ether oxygens (including phenoxy) is 1. The highest BCUT2D eigenvalue weighted by Crippen LogP contribution is 2.30. The van der Waals surface area contributed by atoms with E-state index in [-0.39, 0.29) is 0 Å². The van der Waals surface area contributed by atoms with Crippen LogP contribution in [-0.4, -0.2) is 68.6 Å². The average molecular weight is 430 g/mol. The smallest absolute Gasteiger partial charge is 0.243 e. The van der Waals surface area contributed by atoms with E-state index in [0.29, 0.717) is 37.7 Å². The van der Waals surface area contributed by atoms with Gasteiger partial charge in [-0.1, -0.05) is 0 Å². The molecule has 5 rings (SSSR count). The van der Waals surface area contributed by atoms with E-state index in [4.69, 9.17) is 4.74 Å². The van der Waals surface area contributed by atoms with Gasteiger partial charge in [0.1, 0.15) is 23.2 Å². The molecule has 2 saturated heterocycles. The summed E-state index contributed by atoms with van der Waals surface area (Å²) in [5, 5.41) is 0. The topological polar surface area (TPSA) is 78.9 Å². The Morgan fingerprint density at radius 1 is 0.900 bits per heavy atom. The normalized spacial score (nSPS) is 19.8. The van der Waals surface area contributed by atoms with Crippen molar-refractivity contribution in [2.45, 2.75) is 31.1 Å². The number of fused-ring (bicyclic) bond motifs is 1. The van der Waals surface area contributed by atoms with Crippen molar-refractivity contribution >= 4 is 21.7 Å². The molecule has 0 atom stereocenters. The Morgan fingerprint density at radius 2 is 1.57 bits per heavy atom. The van der Waals surface area contributed by atoms with Gasteiger partial charge in [0.2, 0.25) is 10.0 Å². The van der Waals surface area contributed by atoms with E-state index in [2.05, 4.69) is 19.8 Å². The molecule has 0 aliphatic carbocycles. The quantitative estimate of drug-likeness (QED) is 0.734. The number of aromatic nitrogens is 2. The third-order valence-corrected chi connectivity index (χ3v) is 8.00. The number of sulfonamides is 1. The van der Waals surface area contributed by atoms with Crippen LogP contribution in [0.1, 0.15) is 24.2 Å². The molecule has 0 spiro atoms. The van der Waals surface area contributed by atoms with Crippen molar-refractivity contribution in [3.8, 4) is 5.75 Å². The molecule has 3 aliphatic rings. The Kier molecular flexibility index (Phi) is 5.02. The SMILES string of the molecule is Cc1nc(N2CCCC2)cc(N2CCN(S(=O)(=O)c3ccc4c(c3)CCO4)CC2)n1. The fourth-order valence-electron chi connectivity index (χ4n) is 4.44. The predicted octanol–water partition coefficient (Wildman–Crippen LogP) is 1.83. The van der Waals surface area contributed by atoms with Crippen LogP contribution in [-0.2, 0) is 16.4 Å². The van der Waals surface area contributed by atoms with Crippen LogP contribution in [0.4, 0.5) is 11.6 Å². The van der Waals surface area contributed by atoms with Gasteiger partial charge < -0.3 is 14.5 Å². The number of rotatable bonds is 4. The summed E-state index contributed by atoms with van der Waals surface area (Å²) in [5.41, 5.74) is 0.973. The lowest BCUT2D eigenvalue weighted by Gasteiger charge is -2.35. The molecule has 30 heavy (non-hydrogen) atoms. The molecule has 0 saturated carbocycles. The van der Waals surface area contributed by atoms with E-state index in [1.807, 2.05) is 13.0 Å². The molecule has 0 unspecified atom stereocenters. The third kappa shape index (κ3) is 3.60. The molecule has 0 amide bonds. The summed E-state index contributed by atoms with van der Waals surface area (Å²) in [6, 6.07) is 7.24. The summed E-state index contributed by atoms with van der Waals surface area (Å²) in [4.78, 5) is 14.0. The number of benzene rings is 1. The molecule has 4 heterocycles. The van der Waals surface area contributed by atoms with E-state index in [1.54, 1.807) is 22.5 Å². The lowest BCUT2D eigenvalue weighted by molar-refractivity contribution is 0.356. The minimum atomic E-state index is -3.51. The number of piperazine rings is 1. The monoisotopic (exact) mass is 429 g/mol. The summed E-state index contributed by atoms with van der Waals surface area (Å²) in [5.74, 6) is 3.41. The van der Waals surface area contributed by atoms with Crippen LogP contribution in [0.5, 0.6) is 5.75 Å². The van der Waals surface area contributed by atoms with Crippen LogP contribution in [0, 0.1) is 6.92 Å². The van der Waals surface area contributed by atoms with Crippen LogP contribution in [0.3, 0.4) is 0 Å². The zero-order chi connectivity index (χ0) is 20.7. The highest BCUT2D eigenvalue weighted by Gasteiger charge is 2.30. The maximum atomic E-state index is 13.1. The average Bonchev–Trinajstić information content (AvgIpc) is 3.45. The van der Waals surface area contributed by atoms with E-state index < -0.39 is 10.0 Å². The van der Waals surface area contributed by atoms with Gasteiger partial charge in [0, 0.05) is 51.8 Å². The van der Waals surface area contributed by atoms with E-state index >= 15 is 0 Å². The molecule has 0 bridgehead atoms. The first-order valence-electron chi connectivity index (χ1n) is 10.6. The Bertz CT molecular complexity index is 1040. The molecule has 8 nitrogen and oxygen atoms in total. The minimum absolute atomic E-state index is 0.356. The lowest BCUT2D eigenvalue weighted by Crippen LogP contribution is -2.49. The highest BCUT2D eigenvalue weighted by atomic mass is 32.2. The van der Waals surface area contributed by atoms with Crippen molar-refractivity contribution in [2.24, 2.45) is 0 Å². The second-order valence-electron chi connectivity index (χ2n) is 8.08. The number of hydrogen-bond donors (Lipinski definition) is 0. The number of anilines is 2.